The van der Waals surface area contributed by atoms with E-state index in [1.54, 1.807) is 37.4 Å². The molecule has 20 heavy (non-hydrogen) atoms. The van der Waals surface area contributed by atoms with Crippen LogP contribution in [0.15, 0.2) is 48.5 Å². The summed E-state index contributed by atoms with van der Waals surface area (Å²) in [6, 6.07) is 14.4. The van der Waals surface area contributed by atoms with Crippen LogP contribution in [-0.4, -0.2) is 19.6 Å². The molecule has 0 saturated heterocycles. The second-order valence-corrected chi connectivity index (χ2v) is 4.12. The molecular formula is C16H17NO3. The van der Waals surface area contributed by atoms with Gasteiger partial charge in [-0.05, 0) is 31.2 Å². The number of hydrogen-bond acceptors (Lipinski definition) is 3. The summed E-state index contributed by atoms with van der Waals surface area (Å²) < 4.78 is 10.7. The van der Waals surface area contributed by atoms with Gasteiger partial charge in [0.1, 0.15) is 0 Å². The van der Waals surface area contributed by atoms with Crippen LogP contribution in [0.25, 0.3) is 0 Å². The predicted molar refractivity (Wildman–Crippen MR) is 78.6 cm³/mol. The molecule has 0 saturated carbocycles. The lowest BCUT2D eigenvalue weighted by Crippen LogP contribution is -2.11. The zero-order chi connectivity index (χ0) is 14.4. The van der Waals surface area contributed by atoms with Crippen LogP contribution in [0.1, 0.15) is 17.3 Å². The molecule has 0 aliphatic rings. The molecule has 2 rings (SSSR count). The first-order valence-electron chi connectivity index (χ1n) is 6.42. The maximum atomic E-state index is 12.1. The lowest BCUT2D eigenvalue weighted by atomic mass is 10.2. The average molecular weight is 271 g/mol. The molecule has 2 aromatic rings. The molecule has 0 aliphatic heterocycles. The first-order valence-corrected chi connectivity index (χ1v) is 6.42. The number of methoxy groups -OCH3 is 1. The van der Waals surface area contributed by atoms with Crippen molar-refractivity contribution in [3.8, 4) is 11.5 Å². The van der Waals surface area contributed by atoms with Gasteiger partial charge in [0, 0.05) is 17.3 Å². The molecule has 1 N–H and O–H groups in total. The number of amides is 1. The number of anilines is 1. The number of benzene rings is 2. The average Bonchev–Trinajstić information content (AvgIpc) is 2.49. The quantitative estimate of drug-likeness (QED) is 0.907. The molecule has 4 nitrogen and oxygen atoms in total. The van der Waals surface area contributed by atoms with Crippen LogP contribution >= 0.6 is 0 Å². The predicted octanol–water partition coefficient (Wildman–Crippen LogP) is 3.35. The van der Waals surface area contributed by atoms with Crippen LogP contribution in [-0.2, 0) is 0 Å². The smallest absolute Gasteiger partial charge is 0.255 e. The van der Waals surface area contributed by atoms with Gasteiger partial charge in [0.15, 0.2) is 11.5 Å². The minimum Gasteiger partial charge on any atom is -0.493 e. The van der Waals surface area contributed by atoms with E-state index >= 15 is 0 Å². The maximum absolute atomic E-state index is 12.1. The van der Waals surface area contributed by atoms with E-state index in [9.17, 15) is 4.79 Å². The van der Waals surface area contributed by atoms with Gasteiger partial charge in [-0.3, -0.25) is 4.79 Å². The molecule has 104 valence electrons. The third-order valence-electron chi connectivity index (χ3n) is 2.76. The highest BCUT2D eigenvalue weighted by Gasteiger charge is 2.09. The Morgan fingerprint density at radius 1 is 1.10 bits per heavy atom. The van der Waals surface area contributed by atoms with Crippen LogP contribution in [0.2, 0.25) is 0 Å². The van der Waals surface area contributed by atoms with Gasteiger partial charge in [-0.1, -0.05) is 18.2 Å². The minimum absolute atomic E-state index is 0.154. The van der Waals surface area contributed by atoms with Crippen LogP contribution in [0.4, 0.5) is 5.69 Å². The number of nitrogens with one attached hydrogen (secondary N) is 1. The zero-order valence-corrected chi connectivity index (χ0v) is 11.6. The highest BCUT2D eigenvalue weighted by Crippen LogP contribution is 2.30. The zero-order valence-electron chi connectivity index (χ0n) is 11.6. The lowest BCUT2D eigenvalue weighted by molar-refractivity contribution is 0.102. The van der Waals surface area contributed by atoms with Gasteiger partial charge in [0.05, 0.1) is 13.7 Å². The van der Waals surface area contributed by atoms with E-state index in [-0.39, 0.29) is 5.91 Å². The molecule has 0 spiro atoms. The summed E-state index contributed by atoms with van der Waals surface area (Å²) in [5.41, 5.74) is 1.28. The highest BCUT2D eigenvalue weighted by atomic mass is 16.5. The van der Waals surface area contributed by atoms with Crippen molar-refractivity contribution >= 4 is 11.6 Å². The van der Waals surface area contributed by atoms with Gasteiger partial charge in [-0.25, -0.2) is 0 Å². The fraction of sp³-hybridized carbons (Fsp3) is 0.188. The van der Waals surface area contributed by atoms with E-state index in [1.807, 2.05) is 25.1 Å². The van der Waals surface area contributed by atoms with E-state index in [1.165, 1.54) is 0 Å². The van der Waals surface area contributed by atoms with Crippen molar-refractivity contribution in [1.82, 2.24) is 0 Å². The van der Waals surface area contributed by atoms with Crippen molar-refractivity contribution in [3.63, 3.8) is 0 Å². The summed E-state index contributed by atoms with van der Waals surface area (Å²) in [6.07, 6.45) is 0. The Morgan fingerprint density at radius 2 is 1.85 bits per heavy atom. The molecule has 0 aromatic heterocycles. The second kappa shape index (κ2) is 6.61. The van der Waals surface area contributed by atoms with Gasteiger partial charge in [-0.15, -0.1) is 0 Å². The number of rotatable bonds is 5. The minimum atomic E-state index is -0.154. The van der Waals surface area contributed by atoms with Crippen molar-refractivity contribution < 1.29 is 14.3 Å². The molecule has 0 heterocycles. The molecule has 2 aromatic carbocycles. The van der Waals surface area contributed by atoms with Crippen molar-refractivity contribution in [1.29, 1.82) is 0 Å². The maximum Gasteiger partial charge on any atom is 0.255 e. The van der Waals surface area contributed by atoms with Gasteiger partial charge < -0.3 is 14.8 Å². The molecule has 1 amide bonds. The standard InChI is InChI=1S/C16H17NO3/c1-3-20-15-11-13(9-10-14(15)19-2)17-16(18)12-7-5-4-6-8-12/h4-11H,3H2,1-2H3,(H,17,18). The summed E-state index contributed by atoms with van der Waals surface area (Å²) in [7, 11) is 1.58. The Labute approximate surface area is 118 Å². The van der Waals surface area contributed by atoms with E-state index in [2.05, 4.69) is 5.32 Å². The summed E-state index contributed by atoms with van der Waals surface area (Å²) >= 11 is 0. The summed E-state index contributed by atoms with van der Waals surface area (Å²) in [6.45, 7) is 2.43. The first kappa shape index (κ1) is 13.9. The van der Waals surface area contributed by atoms with Crippen molar-refractivity contribution in [2.24, 2.45) is 0 Å². The highest BCUT2D eigenvalue weighted by molar-refractivity contribution is 6.04. The Kier molecular flexibility index (Phi) is 4.60. The molecule has 0 radical (unpaired) electrons. The van der Waals surface area contributed by atoms with Gasteiger partial charge in [0.25, 0.3) is 5.91 Å². The Bertz CT molecular complexity index is 582. The Morgan fingerprint density at radius 3 is 2.50 bits per heavy atom. The SMILES string of the molecule is CCOc1cc(NC(=O)c2ccccc2)ccc1OC. The molecule has 0 atom stereocenters. The Hall–Kier alpha value is -2.49. The second-order valence-electron chi connectivity index (χ2n) is 4.12. The summed E-state index contributed by atoms with van der Waals surface area (Å²) in [5, 5.41) is 2.83. The van der Waals surface area contributed by atoms with Crippen molar-refractivity contribution in [2.45, 2.75) is 6.92 Å². The van der Waals surface area contributed by atoms with Crippen molar-refractivity contribution in [2.75, 3.05) is 19.0 Å². The Balaban J connectivity index is 2.17. The van der Waals surface area contributed by atoms with Gasteiger partial charge >= 0.3 is 0 Å². The number of hydrogen-bond donors (Lipinski definition) is 1. The number of carbonyl (C=O) groups excluding carboxylic acids is 1. The van der Waals surface area contributed by atoms with Gasteiger partial charge in [-0.2, -0.15) is 0 Å². The largest absolute Gasteiger partial charge is 0.493 e. The molecule has 0 bridgehead atoms. The fourth-order valence-electron chi connectivity index (χ4n) is 1.82. The van der Waals surface area contributed by atoms with E-state index in [0.717, 1.165) is 0 Å². The van der Waals surface area contributed by atoms with E-state index in [0.29, 0.717) is 29.4 Å². The monoisotopic (exact) mass is 271 g/mol. The van der Waals surface area contributed by atoms with Crippen LogP contribution in [0.3, 0.4) is 0 Å². The third kappa shape index (κ3) is 3.29. The normalized spacial score (nSPS) is 9.90. The van der Waals surface area contributed by atoms with E-state index < -0.39 is 0 Å². The topological polar surface area (TPSA) is 47.6 Å². The summed E-state index contributed by atoms with van der Waals surface area (Å²) in [5.74, 6) is 1.10. The first-order chi connectivity index (χ1) is 9.74. The summed E-state index contributed by atoms with van der Waals surface area (Å²) in [4.78, 5) is 12.1. The fourth-order valence-corrected chi connectivity index (χ4v) is 1.82. The number of ether oxygens (including phenoxy) is 2. The van der Waals surface area contributed by atoms with Crippen LogP contribution < -0.4 is 14.8 Å². The molecule has 4 heteroatoms. The number of carbonyl (C=O) groups is 1. The van der Waals surface area contributed by atoms with Crippen LogP contribution in [0, 0.1) is 0 Å². The lowest BCUT2D eigenvalue weighted by Gasteiger charge is -2.11. The molecular weight excluding hydrogens is 254 g/mol. The van der Waals surface area contributed by atoms with E-state index in [4.69, 9.17) is 9.47 Å². The van der Waals surface area contributed by atoms with Gasteiger partial charge in [0.2, 0.25) is 0 Å². The van der Waals surface area contributed by atoms with Crippen LogP contribution in [0.5, 0.6) is 11.5 Å². The van der Waals surface area contributed by atoms with Crippen molar-refractivity contribution in [3.05, 3.63) is 54.1 Å². The molecule has 0 aliphatic carbocycles. The molecule has 0 unspecified atom stereocenters. The third-order valence-corrected chi connectivity index (χ3v) is 2.76. The molecule has 0 fully saturated rings.